The summed E-state index contributed by atoms with van der Waals surface area (Å²) in [5.41, 5.74) is 2.15. The van der Waals surface area contributed by atoms with E-state index in [-0.39, 0.29) is 17.7 Å². The maximum Gasteiger partial charge on any atom is 0.177 e. The molecule has 1 aliphatic heterocycles. The van der Waals surface area contributed by atoms with Gasteiger partial charge in [-0.2, -0.15) is 4.39 Å². The van der Waals surface area contributed by atoms with E-state index < -0.39 is 0 Å². The summed E-state index contributed by atoms with van der Waals surface area (Å²) < 4.78 is 12.1. The highest BCUT2D eigenvalue weighted by atomic mass is 19.1. The highest BCUT2D eigenvalue weighted by Crippen LogP contribution is 2.31. The zero-order valence-electron chi connectivity index (χ0n) is 14.9. The van der Waals surface area contributed by atoms with Gasteiger partial charge < -0.3 is 4.90 Å². The summed E-state index contributed by atoms with van der Waals surface area (Å²) in [4.78, 5) is 5.77. The van der Waals surface area contributed by atoms with Crippen LogP contribution in [0.25, 0.3) is 0 Å². The number of aliphatic imine (C=N–C) groups is 1. The molecule has 0 spiro atoms. The second-order valence-electron chi connectivity index (χ2n) is 7.08. The van der Waals surface area contributed by atoms with Gasteiger partial charge in [-0.15, -0.1) is 0 Å². The number of nitrogens with zero attached hydrogens (tertiary/aromatic N) is 2. The lowest BCUT2D eigenvalue weighted by molar-refractivity contribution is 0.404. The quantitative estimate of drug-likeness (QED) is 0.409. The molecule has 4 heteroatoms. The van der Waals surface area contributed by atoms with Crippen molar-refractivity contribution in [3.05, 3.63) is 36.0 Å². The van der Waals surface area contributed by atoms with E-state index in [9.17, 15) is 4.39 Å². The Bertz CT molecular complexity index is 515. The molecule has 0 bridgehead atoms. The Morgan fingerprint density at radius 1 is 1.43 bits per heavy atom. The third-order valence-corrected chi connectivity index (χ3v) is 4.21. The Balaban J connectivity index is 2.98. The molecule has 0 aromatic carbocycles. The number of hydrogen-bond acceptors (Lipinski definition) is 2. The molecule has 0 radical (unpaired) electrons. The van der Waals surface area contributed by atoms with Crippen molar-refractivity contribution in [2.45, 2.75) is 40.0 Å². The molecule has 3 nitrogen and oxygen atoms in total. The third-order valence-electron chi connectivity index (χ3n) is 4.21. The van der Waals surface area contributed by atoms with Gasteiger partial charge in [0, 0.05) is 13.0 Å². The molecule has 1 saturated heterocycles. The van der Waals surface area contributed by atoms with E-state index in [1.54, 1.807) is 0 Å². The van der Waals surface area contributed by atoms with Gasteiger partial charge in [0.1, 0.15) is 5.84 Å². The third kappa shape index (κ3) is 7.04. The number of likely N-dealkylation sites (tertiary alicyclic amines) is 1. The molecule has 1 rings (SSSR count). The Labute approximate surface area is 140 Å². The first kappa shape index (κ1) is 19.5. The molecule has 0 aliphatic carbocycles. The van der Waals surface area contributed by atoms with Crippen LogP contribution in [0.5, 0.6) is 0 Å². The van der Waals surface area contributed by atoms with Gasteiger partial charge >= 0.3 is 0 Å². The fourth-order valence-corrected chi connectivity index (χ4v) is 2.88. The van der Waals surface area contributed by atoms with Crippen molar-refractivity contribution in [3.63, 3.8) is 0 Å². The van der Waals surface area contributed by atoms with Crippen LogP contribution in [0.15, 0.2) is 40.9 Å². The normalized spacial score (nSPS) is 20.7. The van der Waals surface area contributed by atoms with Crippen molar-refractivity contribution < 1.29 is 4.39 Å². The SMILES string of the molecule is C=C(/C=C\C(=C/C(C)(C)CC(=N)/N=C\F)C1CCN(C)C1)CC. The molecule has 1 N–H and O–H groups in total. The van der Waals surface area contributed by atoms with Crippen LogP contribution in [0.4, 0.5) is 4.39 Å². The van der Waals surface area contributed by atoms with Gasteiger partial charge in [-0.25, -0.2) is 4.99 Å². The van der Waals surface area contributed by atoms with Crippen molar-refractivity contribution in [2.24, 2.45) is 16.3 Å². The average molecular weight is 319 g/mol. The fourth-order valence-electron chi connectivity index (χ4n) is 2.88. The van der Waals surface area contributed by atoms with Crippen molar-refractivity contribution in [3.8, 4) is 0 Å². The number of hydrogen-bond donors (Lipinski definition) is 1. The molecule has 0 saturated carbocycles. The van der Waals surface area contributed by atoms with Gasteiger partial charge in [-0.05, 0) is 43.3 Å². The first-order valence-electron chi connectivity index (χ1n) is 8.24. The van der Waals surface area contributed by atoms with Gasteiger partial charge in [-0.1, -0.05) is 51.2 Å². The molecule has 0 aromatic rings. The van der Waals surface area contributed by atoms with E-state index in [0.29, 0.717) is 12.3 Å². The fraction of sp³-hybridized carbons (Fsp3) is 0.579. The minimum absolute atomic E-state index is 0.0681. The first-order chi connectivity index (χ1) is 10.8. The number of amidine groups is 1. The van der Waals surface area contributed by atoms with Crippen LogP contribution < -0.4 is 0 Å². The molecule has 1 atom stereocenters. The van der Waals surface area contributed by atoms with E-state index >= 15 is 0 Å². The zero-order chi connectivity index (χ0) is 17.5. The predicted molar refractivity (Wildman–Crippen MR) is 98.0 cm³/mol. The van der Waals surface area contributed by atoms with Crippen LogP contribution in [0.1, 0.15) is 40.0 Å². The summed E-state index contributed by atoms with van der Waals surface area (Å²) in [6, 6.07) is 0. The Hall–Kier alpha value is -1.55. The van der Waals surface area contributed by atoms with E-state index in [2.05, 4.69) is 62.5 Å². The highest BCUT2D eigenvalue weighted by molar-refractivity contribution is 5.85. The molecule has 128 valence electrons. The molecule has 0 amide bonds. The summed E-state index contributed by atoms with van der Waals surface area (Å²) in [6.45, 7) is 12.6. The average Bonchev–Trinajstić information content (AvgIpc) is 2.89. The molecule has 1 unspecified atom stereocenters. The van der Waals surface area contributed by atoms with Gasteiger partial charge in [-0.3, -0.25) is 5.41 Å². The molecule has 23 heavy (non-hydrogen) atoms. The van der Waals surface area contributed by atoms with Crippen LogP contribution in [0.2, 0.25) is 0 Å². The van der Waals surface area contributed by atoms with Gasteiger partial charge in [0.25, 0.3) is 0 Å². The lowest BCUT2D eigenvalue weighted by Crippen LogP contribution is -2.17. The van der Waals surface area contributed by atoms with Crippen LogP contribution in [0, 0.1) is 16.7 Å². The maximum atomic E-state index is 12.1. The number of halogens is 1. The predicted octanol–water partition coefficient (Wildman–Crippen LogP) is 4.78. The Kier molecular flexibility index (Phi) is 7.56. The minimum atomic E-state index is -0.238. The second kappa shape index (κ2) is 8.92. The van der Waals surface area contributed by atoms with Crippen LogP contribution >= 0.6 is 0 Å². The molecular formula is C19H30FN3. The summed E-state index contributed by atoms with van der Waals surface area (Å²) in [6.07, 6.45) is 8.97. The maximum absolute atomic E-state index is 12.1. The number of nitrogens with one attached hydrogen (secondary N) is 1. The summed E-state index contributed by atoms with van der Waals surface area (Å²) in [5.74, 6) is 0.567. The zero-order valence-corrected chi connectivity index (χ0v) is 14.9. The van der Waals surface area contributed by atoms with E-state index in [4.69, 9.17) is 5.41 Å². The lowest BCUT2D eigenvalue weighted by atomic mass is 9.83. The molecular weight excluding hydrogens is 289 g/mol. The first-order valence-corrected chi connectivity index (χ1v) is 8.24. The summed E-state index contributed by atoms with van der Waals surface area (Å²) >= 11 is 0. The van der Waals surface area contributed by atoms with Crippen molar-refractivity contribution in [1.29, 1.82) is 5.41 Å². The Morgan fingerprint density at radius 3 is 2.65 bits per heavy atom. The van der Waals surface area contributed by atoms with Crippen molar-refractivity contribution >= 4 is 12.3 Å². The largest absolute Gasteiger partial charge is 0.306 e. The topological polar surface area (TPSA) is 39.5 Å². The molecule has 1 aliphatic rings. The smallest absolute Gasteiger partial charge is 0.177 e. The molecule has 0 aromatic heterocycles. The minimum Gasteiger partial charge on any atom is -0.306 e. The monoisotopic (exact) mass is 319 g/mol. The number of rotatable bonds is 7. The van der Waals surface area contributed by atoms with Gasteiger partial charge in [0.05, 0.1) is 0 Å². The summed E-state index contributed by atoms with van der Waals surface area (Å²) in [7, 11) is 2.14. The molecule has 1 fully saturated rings. The summed E-state index contributed by atoms with van der Waals surface area (Å²) in [5, 5.41) is 7.72. The lowest BCUT2D eigenvalue weighted by Gasteiger charge is -2.23. The second-order valence-corrected chi connectivity index (χ2v) is 7.08. The van der Waals surface area contributed by atoms with Gasteiger partial charge in [0.2, 0.25) is 0 Å². The van der Waals surface area contributed by atoms with E-state index in [1.807, 2.05) is 0 Å². The van der Waals surface area contributed by atoms with Crippen LogP contribution in [-0.2, 0) is 0 Å². The van der Waals surface area contributed by atoms with Crippen molar-refractivity contribution in [1.82, 2.24) is 4.90 Å². The van der Waals surface area contributed by atoms with Gasteiger partial charge in [0.15, 0.2) is 6.47 Å². The van der Waals surface area contributed by atoms with E-state index in [1.165, 1.54) is 5.57 Å². The van der Waals surface area contributed by atoms with Crippen molar-refractivity contribution in [2.75, 3.05) is 20.1 Å². The Morgan fingerprint density at radius 2 is 2.13 bits per heavy atom. The standard InChI is InChI=1S/C19H30FN3/c1-6-15(2)7-8-16(17-9-10-23(5)13-17)11-19(3,4)12-18(21)22-14-20/h7-8,11,14,17,21H,2,6,9-10,12-13H2,1,3-5H3/b8-7-,16-11+,21-18?,22-14-. The van der Waals surface area contributed by atoms with E-state index in [0.717, 1.165) is 31.5 Å². The molecule has 1 heterocycles. The van der Waals surface area contributed by atoms with Crippen LogP contribution in [0.3, 0.4) is 0 Å². The number of allylic oxidation sites excluding steroid dienone is 4. The van der Waals surface area contributed by atoms with Crippen LogP contribution in [-0.4, -0.2) is 37.3 Å². The highest BCUT2D eigenvalue weighted by Gasteiger charge is 2.25.